The van der Waals surface area contributed by atoms with Crippen LogP contribution in [0.25, 0.3) is 0 Å². The Kier molecular flexibility index (Phi) is 6.55. The van der Waals surface area contributed by atoms with Gasteiger partial charge in [0.15, 0.2) is 11.5 Å². The van der Waals surface area contributed by atoms with E-state index in [2.05, 4.69) is 6.92 Å². The van der Waals surface area contributed by atoms with Gasteiger partial charge in [0, 0.05) is 11.3 Å². The van der Waals surface area contributed by atoms with Crippen molar-refractivity contribution in [3.63, 3.8) is 0 Å². The fourth-order valence-electron chi connectivity index (χ4n) is 1.34. The van der Waals surface area contributed by atoms with Crippen LogP contribution in [0.3, 0.4) is 0 Å². The molecule has 0 saturated carbocycles. The summed E-state index contributed by atoms with van der Waals surface area (Å²) < 4.78 is 11.1. The molecule has 4 heteroatoms. The summed E-state index contributed by atoms with van der Waals surface area (Å²) in [6, 6.07) is 5.22. The number of hydrogen-bond acceptors (Lipinski definition) is 4. The lowest BCUT2D eigenvalue weighted by Gasteiger charge is -2.11. The maximum atomic E-state index is 10.7. The molecular weight excluding hydrogens is 236 g/mol. The largest absolute Gasteiger partial charge is 0.490 e. The van der Waals surface area contributed by atoms with E-state index in [1.54, 1.807) is 18.2 Å². The molecule has 0 N–H and O–H groups in total. The number of carbonyl (C=O) groups is 1. The molecule has 94 valence electrons. The molecule has 0 atom stereocenters. The molecule has 1 aromatic rings. The maximum Gasteiger partial charge on any atom is 0.161 e. The van der Waals surface area contributed by atoms with Crippen molar-refractivity contribution in [3.8, 4) is 11.5 Å². The van der Waals surface area contributed by atoms with Gasteiger partial charge in [0.2, 0.25) is 0 Å². The Hall–Kier alpha value is -1.16. The SMILES string of the molecule is CCOc1cc(C=O)ccc1OCCSCC. The van der Waals surface area contributed by atoms with Crippen molar-refractivity contribution in [2.75, 3.05) is 24.7 Å². The summed E-state index contributed by atoms with van der Waals surface area (Å²) in [4.78, 5) is 10.7. The van der Waals surface area contributed by atoms with Crippen LogP contribution in [0.2, 0.25) is 0 Å². The van der Waals surface area contributed by atoms with Crippen molar-refractivity contribution in [2.45, 2.75) is 13.8 Å². The predicted octanol–water partition coefficient (Wildman–Crippen LogP) is 3.03. The van der Waals surface area contributed by atoms with Crippen molar-refractivity contribution in [2.24, 2.45) is 0 Å². The Balaban J connectivity index is 2.65. The van der Waals surface area contributed by atoms with Crippen LogP contribution in [0.1, 0.15) is 24.2 Å². The van der Waals surface area contributed by atoms with E-state index < -0.39 is 0 Å². The van der Waals surface area contributed by atoms with Gasteiger partial charge >= 0.3 is 0 Å². The molecule has 0 unspecified atom stereocenters. The monoisotopic (exact) mass is 254 g/mol. The van der Waals surface area contributed by atoms with Crippen molar-refractivity contribution in [1.82, 2.24) is 0 Å². The van der Waals surface area contributed by atoms with Gasteiger partial charge in [0.05, 0.1) is 13.2 Å². The summed E-state index contributed by atoms with van der Waals surface area (Å²) in [5.74, 6) is 3.39. The second kappa shape index (κ2) is 8.01. The van der Waals surface area contributed by atoms with E-state index in [0.29, 0.717) is 30.3 Å². The Morgan fingerprint density at radius 1 is 1.24 bits per heavy atom. The lowest BCUT2D eigenvalue weighted by Crippen LogP contribution is -2.03. The Bertz CT molecular complexity index is 353. The minimum Gasteiger partial charge on any atom is -0.490 e. The third kappa shape index (κ3) is 4.69. The van der Waals surface area contributed by atoms with Gasteiger partial charge in [-0.25, -0.2) is 0 Å². The van der Waals surface area contributed by atoms with Gasteiger partial charge in [-0.1, -0.05) is 6.92 Å². The van der Waals surface area contributed by atoms with Crippen LogP contribution < -0.4 is 9.47 Å². The van der Waals surface area contributed by atoms with E-state index >= 15 is 0 Å². The van der Waals surface area contributed by atoms with Crippen molar-refractivity contribution < 1.29 is 14.3 Å². The van der Waals surface area contributed by atoms with Gasteiger partial charge in [-0.15, -0.1) is 0 Å². The molecule has 0 heterocycles. The third-order valence-electron chi connectivity index (χ3n) is 2.09. The first-order valence-electron chi connectivity index (χ1n) is 5.74. The van der Waals surface area contributed by atoms with E-state index in [1.165, 1.54) is 0 Å². The molecule has 0 saturated heterocycles. The topological polar surface area (TPSA) is 35.5 Å². The number of rotatable bonds is 8. The second-order valence-electron chi connectivity index (χ2n) is 3.30. The number of thioether (sulfide) groups is 1. The zero-order valence-corrected chi connectivity index (χ0v) is 11.1. The molecule has 1 aromatic carbocycles. The van der Waals surface area contributed by atoms with Gasteiger partial charge in [0.1, 0.15) is 6.29 Å². The van der Waals surface area contributed by atoms with Gasteiger partial charge in [-0.05, 0) is 30.9 Å². The molecule has 1 rings (SSSR count). The molecular formula is C13H18O3S. The van der Waals surface area contributed by atoms with Crippen molar-refractivity contribution in [3.05, 3.63) is 23.8 Å². The van der Waals surface area contributed by atoms with Crippen LogP contribution in [0.4, 0.5) is 0 Å². The normalized spacial score (nSPS) is 10.0. The summed E-state index contributed by atoms with van der Waals surface area (Å²) in [5.41, 5.74) is 0.601. The Labute approximate surface area is 106 Å². The fraction of sp³-hybridized carbons (Fsp3) is 0.462. The van der Waals surface area contributed by atoms with E-state index in [1.807, 2.05) is 18.7 Å². The van der Waals surface area contributed by atoms with Gasteiger partial charge < -0.3 is 9.47 Å². The fourth-order valence-corrected chi connectivity index (χ4v) is 1.83. The summed E-state index contributed by atoms with van der Waals surface area (Å²) in [6.45, 7) is 5.24. The van der Waals surface area contributed by atoms with Crippen LogP contribution in [-0.4, -0.2) is 31.0 Å². The average Bonchev–Trinajstić information content (AvgIpc) is 2.36. The zero-order valence-electron chi connectivity index (χ0n) is 10.3. The number of hydrogen-bond donors (Lipinski definition) is 0. The maximum absolute atomic E-state index is 10.7. The molecule has 0 fully saturated rings. The zero-order chi connectivity index (χ0) is 12.5. The summed E-state index contributed by atoms with van der Waals surface area (Å²) in [7, 11) is 0. The third-order valence-corrected chi connectivity index (χ3v) is 2.96. The first-order chi connectivity index (χ1) is 8.31. The molecule has 0 radical (unpaired) electrons. The highest BCUT2D eigenvalue weighted by Gasteiger charge is 2.05. The van der Waals surface area contributed by atoms with Crippen LogP contribution in [0.15, 0.2) is 18.2 Å². The molecule has 0 spiro atoms. The highest BCUT2D eigenvalue weighted by Crippen LogP contribution is 2.28. The van der Waals surface area contributed by atoms with Crippen LogP contribution in [-0.2, 0) is 0 Å². The van der Waals surface area contributed by atoms with Crippen molar-refractivity contribution in [1.29, 1.82) is 0 Å². The number of ether oxygens (including phenoxy) is 2. The lowest BCUT2D eigenvalue weighted by atomic mass is 10.2. The second-order valence-corrected chi connectivity index (χ2v) is 4.70. The van der Waals surface area contributed by atoms with E-state index in [-0.39, 0.29) is 0 Å². The minimum absolute atomic E-state index is 0.558. The van der Waals surface area contributed by atoms with Crippen LogP contribution in [0.5, 0.6) is 11.5 Å². The summed E-state index contributed by atoms with van der Waals surface area (Å²) in [6.07, 6.45) is 0.805. The molecule has 0 aliphatic carbocycles. The van der Waals surface area contributed by atoms with Gasteiger partial charge in [-0.3, -0.25) is 4.79 Å². The number of benzene rings is 1. The van der Waals surface area contributed by atoms with Crippen LogP contribution >= 0.6 is 11.8 Å². The minimum atomic E-state index is 0.558. The smallest absolute Gasteiger partial charge is 0.161 e. The molecule has 0 aliphatic heterocycles. The molecule has 17 heavy (non-hydrogen) atoms. The van der Waals surface area contributed by atoms with Crippen molar-refractivity contribution >= 4 is 18.0 Å². The summed E-state index contributed by atoms with van der Waals surface area (Å²) in [5, 5.41) is 0. The standard InChI is InChI=1S/C13H18O3S/c1-3-15-13-9-11(10-14)5-6-12(13)16-7-8-17-4-2/h5-6,9-10H,3-4,7-8H2,1-2H3. The molecule has 0 amide bonds. The number of carbonyl (C=O) groups excluding carboxylic acids is 1. The molecule has 0 aliphatic rings. The van der Waals surface area contributed by atoms with E-state index in [4.69, 9.17) is 9.47 Å². The first-order valence-corrected chi connectivity index (χ1v) is 6.89. The van der Waals surface area contributed by atoms with E-state index in [0.717, 1.165) is 17.8 Å². The Morgan fingerprint density at radius 2 is 2.06 bits per heavy atom. The van der Waals surface area contributed by atoms with Gasteiger partial charge in [0.25, 0.3) is 0 Å². The molecule has 0 aromatic heterocycles. The lowest BCUT2D eigenvalue weighted by molar-refractivity contribution is 0.112. The predicted molar refractivity (Wildman–Crippen MR) is 71.5 cm³/mol. The first kappa shape index (κ1) is 13.9. The quantitative estimate of drug-likeness (QED) is 0.527. The highest BCUT2D eigenvalue weighted by atomic mass is 32.2. The van der Waals surface area contributed by atoms with Gasteiger partial charge in [-0.2, -0.15) is 11.8 Å². The number of aldehydes is 1. The average molecular weight is 254 g/mol. The van der Waals surface area contributed by atoms with Crippen LogP contribution in [0, 0.1) is 0 Å². The molecule has 0 bridgehead atoms. The molecule has 3 nitrogen and oxygen atoms in total. The Morgan fingerprint density at radius 3 is 2.71 bits per heavy atom. The van der Waals surface area contributed by atoms with E-state index in [9.17, 15) is 4.79 Å². The summed E-state index contributed by atoms with van der Waals surface area (Å²) >= 11 is 1.83. The highest BCUT2D eigenvalue weighted by molar-refractivity contribution is 7.99.